The molecule has 0 saturated carbocycles. The van der Waals surface area contributed by atoms with Crippen molar-refractivity contribution in [1.29, 1.82) is 5.26 Å². The van der Waals surface area contributed by atoms with Gasteiger partial charge in [-0.3, -0.25) is 14.7 Å². The molecular weight excluding hydrogens is 526 g/mol. The fraction of sp³-hybridized carbons (Fsp3) is 0.464. The topological polar surface area (TPSA) is 172 Å². The zero-order valence-corrected chi connectivity index (χ0v) is 23.9. The second-order valence-electron chi connectivity index (χ2n) is 11.3. The molecule has 41 heavy (non-hydrogen) atoms. The number of nitriles is 1. The van der Waals surface area contributed by atoms with E-state index >= 15 is 0 Å². The predicted molar refractivity (Wildman–Crippen MR) is 152 cm³/mol. The largest absolute Gasteiger partial charge is 0.441 e. The van der Waals surface area contributed by atoms with Crippen molar-refractivity contribution in [3.8, 4) is 6.07 Å². The molecule has 1 unspecified atom stereocenters. The highest BCUT2D eigenvalue weighted by molar-refractivity contribution is 5.99. The van der Waals surface area contributed by atoms with Gasteiger partial charge in [-0.15, -0.1) is 0 Å². The van der Waals surface area contributed by atoms with E-state index < -0.39 is 23.6 Å². The van der Waals surface area contributed by atoms with Crippen LogP contribution in [-0.4, -0.2) is 68.6 Å². The van der Waals surface area contributed by atoms with Gasteiger partial charge in [0, 0.05) is 43.5 Å². The molecule has 3 aromatic rings. The third kappa shape index (κ3) is 6.37. The molecule has 3 N–H and O–H groups in total. The van der Waals surface area contributed by atoms with Gasteiger partial charge in [-0.05, 0) is 24.5 Å². The Labute approximate surface area is 238 Å². The van der Waals surface area contributed by atoms with Crippen molar-refractivity contribution in [3.63, 3.8) is 0 Å². The number of carbonyl (C=O) groups is 3. The molecule has 216 valence electrons. The Kier molecular flexibility index (Phi) is 8.41. The van der Waals surface area contributed by atoms with Gasteiger partial charge in [0.2, 0.25) is 5.91 Å². The van der Waals surface area contributed by atoms with Crippen molar-refractivity contribution >= 4 is 40.7 Å². The smallest absolute Gasteiger partial charge is 0.405 e. The summed E-state index contributed by atoms with van der Waals surface area (Å²) in [6.07, 6.45) is 3.73. The molecular formula is C28H35N9O4. The number of amides is 3. The molecule has 0 bridgehead atoms. The van der Waals surface area contributed by atoms with Crippen LogP contribution in [0.2, 0.25) is 0 Å². The molecule has 0 aromatic carbocycles. The summed E-state index contributed by atoms with van der Waals surface area (Å²) in [6, 6.07) is 6.56. The average molecular weight is 562 g/mol. The summed E-state index contributed by atoms with van der Waals surface area (Å²) in [5.74, 6) is 1.04. The van der Waals surface area contributed by atoms with Gasteiger partial charge < -0.3 is 20.3 Å². The van der Waals surface area contributed by atoms with Crippen LogP contribution in [0.4, 0.5) is 21.2 Å². The van der Waals surface area contributed by atoms with Crippen molar-refractivity contribution in [2.45, 2.75) is 52.7 Å². The van der Waals surface area contributed by atoms with E-state index in [0.717, 1.165) is 6.42 Å². The summed E-state index contributed by atoms with van der Waals surface area (Å²) in [6.45, 7) is 8.98. The van der Waals surface area contributed by atoms with Gasteiger partial charge in [0.15, 0.2) is 5.65 Å². The first-order chi connectivity index (χ1) is 19.4. The molecule has 1 aliphatic rings. The Morgan fingerprint density at radius 3 is 2.63 bits per heavy atom. The van der Waals surface area contributed by atoms with E-state index in [1.165, 1.54) is 17.1 Å². The molecule has 1 aliphatic heterocycles. The fourth-order valence-electron chi connectivity index (χ4n) is 5.16. The maximum atomic E-state index is 13.2. The molecule has 0 spiro atoms. The van der Waals surface area contributed by atoms with Crippen LogP contribution in [0.15, 0.2) is 36.9 Å². The maximum absolute atomic E-state index is 13.2. The number of primary amides is 1. The van der Waals surface area contributed by atoms with Crippen LogP contribution in [-0.2, 0) is 9.53 Å². The lowest BCUT2D eigenvalue weighted by atomic mass is 9.85. The van der Waals surface area contributed by atoms with Crippen LogP contribution in [0.3, 0.4) is 0 Å². The van der Waals surface area contributed by atoms with Gasteiger partial charge in [0.25, 0.3) is 0 Å². The van der Waals surface area contributed by atoms with Crippen LogP contribution in [0.25, 0.3) is 11.0 Å². The molecule has 4 rings (SSSR count). The zero-order chi connectivity index (χ0) is 29.9. The number of ether oxygens (including phenoxy) is 1. The van der Waals surface area contributed by atoms with E-state index in [4.69, 9.17) is 15.7 Å². The lowest BCUT2D eigenvalue weighted by molar-refractivity contribution is -0.131. The van der Waals surface area contributed by atoms with Crippen molar-refractivity contribution in [3.05, 3.63) is 42.5 Å². The standard InChI is InChI=1S/C28H35N9O4/c1-17-9-12-36(22(38)8-11-29)15-20(17)35(5)24-19-10-13-37(25(19)33-16-32-24)27(40)34-21-7-6-18(14-31-21)23(28(2,3)4)41-26(30)39/h6-7,10,13-14,16-17,20,23H,8-9,12,15H2,1-5H3,(H2,30,39)(H,31,34,40)/t17-,20+,23?/m1/s1. The summed E-state index contributed by atoms with van der Waals surface area (Å²) in [7, 11) is 1.91. The van der Waals surface area contributed by atoms with Gasteiger partial charge in [0.05, 0.1) is 17.5 Å². The summed E-state index contributed by atoms with van der Waals surface area (Å²) in [5, 5.41) is 12.4. The number of nitrogens with one attached hydrogen (secondary N) is 1. The number of anilines is 2. The highest BCUT2D eigenvalue weighted by Gasteiger charge is 2.33. The van der Waals surface area contributed by atoms with Gasteiger partial charge in [-0.1, -0.05) is 33.8 Å². The van der Waals surface area contributed by atoms with Crippen LogP contribution in [0.5, 0.6) is 0 Å². The first kappa shape index (κ1) is 29.3. The molecule has 13 nitrogen and oxygen atoms in total. The number of fused-ring (bicyclic) bond motifs is 1. The Balaban J connectivity index is 1.53. The summed E-state index contributed by atoms with van der Waals surface area (Å²) in [4.78, 5) is 53.9. The molecule has 4 heterocycles. The number of nitrogens with two attached hydrogens (primary N) is 1. The normalized spacial score (nSPS) is 17.9. The fourth-order valence-corrected chi connectivity index (χ4v) is 5.16. The minimum Gasteiger partial charge on any atom is -0.441 e. The molecule has 3 amide bonds. The predicted octanol–water partition coefficient (Wildman–Crippen LogP) is 3.68. The van der Waals surface area contributed by atoms with Crippen LogP contribution in [0, 0.1) is 22.7 Å². The number of nitrogens with zero attached hydrogens (tertiary/aromatic N) is 7. The van der Waals surface area contributed by atoms with Crippen LogP contribution in [0.1, 0.15) is 52.2 Å². The number of aromatic nitrogens is 4. The number of carbonyl (C=O) groups excluding carboxylic acids is 3. The SMILES string of the molecule is C[C@@H]1CCN(C(=O)CC#N)C[C@@H]1N(C)c1ncnc2c1ccn2C(=O)Nc1ccc(C(OC(N)=O)C(C)(C)C)cn1. The number of likely N-dealkylation sites (tertiary alicyclic amines) is 1. The third-order valence-corrected chi connectivity index (χ3v) is 7.36. The summed E-state index contributed by atoms with van der Waals surface area (Å²) >= 11 is 0. The van der Waals surface area contributed by atoms with Crippen LogP contribution < -0.4 is 16.0 Å². The monoisotopic (exact) mass is 561 g/mol. The summed E-state index contributed by atoms with van der Waals surface area (Å²) < 4.78 is 6.68. The Hall–Kier alpha value is -4.73. The zero-order valence-electron chi connectivity index (χ0n) is 23.9. The van der Waals surface area contributed by atoms with Crippen molar-refractivity contribution in [2.24, 2.45) is 17.1 Å². The maximum Gasteiger partial charge on any atom is 0.405 e. The number of hydrogen-bond acceptors (Lipinski definition) is 9. The number of piperidine rings is 1. The van der Waals surface area contributed by atoms with Crippen molar-refractivity contribution < 1.29 is 19.1 Å². The van der Waals surface area contributed by atoms with E-state index in [2.05, 4.69) is 27.2 Å². The number of rotatable bonds is 6. The van der Waals surface area contributed by atoms with Gasteiger partial charge in [0.1, 0.15) is 30.5 Å². The van der Waals surface area contributed by atoms with Gasteiger partial charge >= 0.3 is 12.1 Å². The highest BCUT2D eigenvalue weighted by Crippen LogP contribution is 2.36. The molecule has 0 aliphatic carbocycles. The van der Waals surface area contributed by atoms with E-state index in [9.17, 15) is 14.4 Å². The number of pyridine rings is 1. The van der Waals surface area contributed by atoms with Gasteiger partial charge in [-0.25, -0.2) is 24.5 Å². The molecule has 13 heteroatoms. The van der Waals surface area contributed by atoms with Gasteiger partial charge in [-0.2, -0.15) is 5.26 Å². The lowest BCUT2D eigenvalue weighted by Crippen LogP contribution is -2.52. The quantitative estimate of drug-likeness (QED) is 0.455. The third-order valence-electron chi connectivity index (χ3n) is 7.36. The second kappa shape index (κ2) is 11.8. The first-order valence-electron chi connectivity index (χ1n) is 13.3. The van der Waals surface area contributed by atoms with Crippen LogP contribution >= 0.6 is 0 Å². The minimum absolute atomic E-state index is 0.0279. The highest BCUT2D eigenvalue weighted by atomic mass is 16.6. The molecule has 0 radical (unpaired) electrons. The van der Waals surface area contributed by atoms with E-state index in [1.54, 1.807) is 29.3 Å². The second-order valence-corrected chi connectivity index (χ2v) is 11.3. The van der Waals surface area contributed by atoms with E-state index in [1.807, 2.05) is 38.8 Å². The van der Waals surface area contributed by atoms with E-state index in [0.29, 0.717) is 41.3 Å². The minimum atomic E-state index is -0.878. The van der Waals surface area contributed by atoms with Crippen molar-refractivity contribution in [2.75, 3.05) is 30.4 Å². The van der Waals surface area contributed by atoms with E-state index in [-0.39, 0.29) is 24.3 Å². The number of likely N-dealkylation sites (N-methyl/N-ethyl adjacent to an activating group) is 1. The molecule has 3 aromatic heterocycles. The lowest BCUT2D eigenvalue weighted by Gasteiger charge is -2.42. The molecule has 1 saturated heterocycles. The number of hydrogen-bond donors (Lipinski definition) is 2. The Morgan fingerprint density at radius 1 is 1.24 bits per heavy atom. The Bertz CT molecular complexity index is 1470. The molecule has 1 fully saturated rings. The first-order valence-corrected chi connectivity index (χ1v) is 13.3. The Morgan fingerprint density at radius 2 is 2.00 bits per heavy atom. The van der Waals surface area contributed by atoms with Crippen molar-refractivity contribution in [1.82, 2.24) is 24.4 Å². The average Bonchev–Trinajstić information content (AvgIpc) is 3.36. The molecule has 3 atom stereocenters. The summed E-state index contributed by atoms with van der Waals surface area (Å²) in [5.41, 5.74) is 5.89.